The van der Waals surface area contributed by atoms with Crippen molar-refractivity contribution in [1.82, 2.24) is 0 Å². The molecule has 0 aromatic heterocycles. The van der Waals surface area contributed by atoms with E-state index in [0.717, 1.165) is 16.9 Å². The number of hydrogen-bond donors (Lipinski definition) is 0. The number of ether oxygens (including phenoxy) is 1. The van der Waals surface area contributed by atoms with Crippen LogP contribution in [0.25, 0.3) is 6.08 Å². The topological polar surface area (TPSA) is 18.5 Å². The molecule has 15 heavy (non-hydrogen) atoms. The molecule has 1 radical (unpaired) electrons. The zero-order chi connectivity index (χ0) is 11.3. The molecule has 0 amide bonds. The van der Waals surface area contributed by atoms with Crippen LogP contribution in [0.3, 0.4) is 0 Å². The van der Waals surface area contributed by atoms with E-state index in [1.807, 2.05) is 24.3 Å². The van der Waals surface area contributed by atoms with Gasteiger partial charge in [0.1, 0.15) is 5.75 Å². The summed E-state index contributed by atoms with van der Waals surface area (Å²) in [6.07, 6.45) is 1.84. The Morgan fingerprint density at radius 3 is 2.67 bits per heavy atom. The van der Waals surface area contributed by atoms with Gasteiger partial charge >= 0.3 is 0 Å². The van der Waals surface area contributed by atoms with Crippen LogP contribution in [0.5, 0.6) is 5.75 Å². The van der Waals surface area contributed by atoms with Crippen molar-refractivity contribution in [1.29, 1.82) is 0 Å². The Labute approximate surface area is 93.3 Å². The number of benzene rings is 1. The third-order valence-electron chi connectivity index (χ3n) is 2.09. The summed E-state index contributed by atoms with van der Waals surface area (Å²) in [5.41, 5.74) is 2.24. The maximum Gasteiger partial charge on any atom is 0.205 e. The van der Waals surface area contributed by atoms with Crippen molar-refractivity contribution >= 4 is 15.1 Å². The molecule has 0 bridgehead atoms. The first-order valence-electron chi connectivity index (χ1n) is 4.89. The highest BCUT2D eigenvalue weighted by molar-refractivity contribution is 6.48. The van der Waals surface area contributed by atoms with Crippen LogP contribution in [0.15, 0.2) is 24.8 Å². The Hall–Kier alpha value is -1.06. The molecule has 0 aliphatic carbocycles. The predicted octanol–water partition coefficient (Wildman–Crippen LogP) is 3.11. The monoisotopic (exact) mass is 221 g/mol. The van der Waals surface area contributed by atoms with Crippen LogP contribution in [0, 0.1) is 0 Å². The first-order valence-corrected chi connectivity index (χ1v) is 7.30. The Morgan fingerprint density at radius 2 is 2.13 bits per heavy atom. The molecule has 1 aromatic carbocycles. The Balaban J connectivity index is 2.86. The second-order valence-corrected chi connectivity index (χ2v) is 5.57. The molecule has 0 aliphatic heterocycles. The van der Waals surface area contributed by atoms with E-state index in [1.54, 1.807) is 7.11 Å². The van der Waals surface area contributed by atoms with Crippen molar-refractivity contribution in [3.8, 4) is 5.75 Å². The third-order valence-corrected chi connectivity index (χ3v) is 2.81. The van der Waals surface area contributed by atoms with E-state index in [1.165, 1.54) is 0 Å². The van der Waals surface area contributed by atoms with Gasteiger partial charge in [0.15, 0.2) is 0 Å². The summed E-state index contributed by atoms with van der Waals surface area (Å²) in [6, 6.07) is 5.94. The average molecular weight is 221 g/mol. The van der Waals surface area contributed by atoms with Gasteiger partial charge in [-0.1, -0.05) is 18.7 Å². The third kappa shape index (κ3) is 3.53. The van der Waals surface area contributed by atoms with Gasteiger partial charge in [0.25, 0.3) is 0 Å². The van der Waals surface area contributed by atoms with Gasteiger partial charge in [0, 0.05) is 0 Å². The number of hydrogen-bond acceptors (Lipinski definition) is 2. The van der Waals surface area contributed by atoms with Crippen molar-refractivity contribution < 1.29 is 9.16 Å². The van der Waals surface area contributed by atoms with Crippen molar-refractivity contribution in [2.75, 3.05) is 7.11 Å². The molecule has 0 saturated carbocycles. The molecule has 0 N–H and O–H groups in total. The molecular formula is C12H17O2Si. The van der Waals surface area contributed by atoms with Gasteiger partial charge in [-0.15, -0.1) is 0 Å². The van der Waals surface area contributed by atoms with E-state index in [0.29, 0.717) is 6.61 Å². The number of methoxy groups -OCH3 is 1. The summed E-state index contributed by atoms with van der Waals surface area (Å²) in [5.74, 6) is 0.861. The summed E-state index contributed by atoms with van der Waals surface area (Å²) in [5, 5.41) is 0. The van der Waals surface area contributed by atoms with Gasteiger partial charge in [-0.2, -0.15) is 0 Å². The van der Waals surface area contributed by atoms with Gasteiger partial charge in [-0.05, 0) is 36.4 Å². The smallest absolute Gasteiger partial charge is 0.205 e. The van der Waals surface area contributed by atoms with E-state index in [9.17, 15) is 0 Å². The summed E-state index contributed by atoms with van der Waals surface area (Å²) in [7, 11) is 1.02. The molecule has 0 spiro atoms. The molecule has 1 aromatic rings. The van der Waals surface area contributed by atoms with Crippen molar-refractivity contribution in [2.24, 2.45) is 0 Å². The summed E-state index contributed by atoms with van der Waals surface area (Å²) >= 11 is 0. The maximum atomic E-state index is 5.67. The summed E-state index contributed by atoms with van der Waals surface area (Å²) in [6.45, 7) is 8.67. The summed E-state index contributed by atoms with van der Waals surface area (Å²) < 4.78 is 10.8. The van der Waals surface area contributed by atoms with Crippen LogP contribution in [0.1, 0.15) is 11.1 Å². The molecule has 1 rings (SSSR count). The minimum atomic E-state index is -0.651. The molecule has 0 atom stereocenters. The first-order chi connectivity index (χ1) is 7.17. The quantitative estimate of drug-likeness (QED) is 0.711. The normalized spacial score (nSPS) is 10.4. The zero-order valence-corrected chi connectivity index (χ0v) is 10.5. The minimum Gasteiger partial charge on any atom is -0.497 e. The van der Waals surface area contributed by atoms with Gasteiger partial charge in [0.2, 0.25) is 9.04 Å². The molecular weight excluding hydrogens is 204 g/mol. The lowest BCUT2D eigenvalue weighted by molar-refractivity contribution is 0.313. The highest BCUT2D eigenvalue weighted by Gasteiger charge is 2.04. The molecule has 0 aliphatic rings. The Bertz CT molecular complexity index is 334. The fraction of sp³-hybridized carbons (Fsp3) is 0.333. The van der Waals surface area contributed by atoms with Crippen molar-refractivity contribution in [3.05, 3.63) is 35.9 Å². The van der Waals surface area contributed by atoms with Crippen LogP contribution < -0.4 is 4.74 Å². The predicted molar refractivity (Wildman–Crippen MR) is 65.4 cm³/mol. The van der Waals surface area contributed by atoms with Crippen LogP contribution >= 0.6 is 0 Å². The Morgan fingerprint density at radius 1 is 1.40 bits per heavy atom. The van der Waals surface area contributed by atoms with Gasteiger partial charge in [-0.25, -0.2) is 0 Å². The molecule has 0 saturated heterocycles. The highest BCUT2D eigenvalue weighted by Crippen LogP contribution is 2.19. The second kappa shape index (κ2) is 5.73. The number of rotatable bonds is 5. The highest BCUT2D eigenvalue weighted by atomic mass is 28.3. The van der Waals surface area contributed by atoms with Crippen LogP contribution in [0.2, 0.25) is 13.1 Å². The van der Waals surface area contributed by atoms with Crippen molar-refractivity contribution in [3.63, 3.8) is 0 Å². The van der Waals surface area contributed by atoms with Gasteiger partial charge in [0.05, 0.1) is 13.7 Å². The van der Waals surface area contributed by atoms with Crippen LogP contribution in [-0.2, 0) is 11.0 Å². The van der Waals surface area contributed by atoms with E-state index < -0.39 is 9.04 Å². The fourth-order valence-electron chi connectivity index (χ4n) is 1.26. The molecule has 0 heterocycles. The molecule has 2 nitrogen and oxygen atoms in total. The minimum absolute atomic E-state index is 0.639. The van der Waals surface area contributed by atoms with E-state index >= 15 is 0 Å². The molecule has 81 valence electrons. The summed E-state index contributed by atoms with van der Waals surface area (Å²) in [4.78, 5) is 0. The largest absolute Gasteiger partial charge is 0.497 e. The molecule has 0 unspecified atom stereocenters. The zero-order valence-electron chi connectivity index (χ0n) is 9.54. The van der Waals surface area contributed by atoms with Crippen LogP contribution in [0.4, 0.5) is 0 Å². The lowest BCUT2D eigenvalue weighted by Gasteiger charge is -2.10. The average Bonchev–Trinajstić information content (AvgIpc) is 2.25. The fourth-order valence-corrected chi connectivity index (χ4v) is 1.70. The molecule has 0 fully saturated rings. The van der Waals surface area contributed by atoms with E-state index in [4.69, 9.17) is 9.16 Å². The lowest BCUT2D eigenvalue weighted by Crippen LogP contribution is -2.08. The molecule has 3 heteroatoms. The van der Waals surface area contributed by atoms with Crippen LogP contribution in [-0.4, -0.2) is 16.2 Å². The van der Waals surface area contributed by atoms with E-state index in [-0.39, 0.29) is 0 Å². The SMILES string of the molecule is C=Cc1ccc(OC)cc1CO[Si](C)C. The standard InChI is InChI=1S/C12H17O2Si/c1-5-10-6-7-12(13-2)8-11(10)9-14-15(3)4/h5-8H,1,9H2,2-4H3. The van der Waals surface area contributed by atoms with Crippen molar-refractivity contribution in [2.45, 2.75) is 19.7 Å². The van der Waals surface area contributed by atoms with Gasteiger partial charge < -0.3 is 9.16 Å². The van der Waals surface area contributed by atoms with E-state index in [2.05, 4.69) is 19.7 Å². The maximum absolute atomic E-state index is 5.67. The first kappa shape index (κ1) is 12.0. The second-order valence-electron chi connectivity index (χ2n) is 3.47. The van der Waals surface area contributed by atoms with Gasteiger partial charge in [-0.3, -0.25) is 0 Å². The Kier molecular flexibility index (Phi) is 4.59. The lowest BCUT2D eigenvalue weighted by atomic mass is 10.1.